The standard InChI is InChI=1S/C34H50ClN3O/c1-2-3-4-5-6-7-8-9-10-11-12-13-14-15-16-19-28-38-32-21-18-17-20-31(32)37-33(38)26-27-36-34(39)29-22-24-30(35)25-23-29/h17-18,20-25H,2-16,19,26-28H2,1H3,(H,36,39). The fraction of sp³-hybridized carbons (Fsp3) is 0.588. The first-order chi connectivity index (χ1) is 19.2. The van der Waals surface area contributed by atoms with Crippen molar-refractivity contribution in [2.45, 2.75) is 123 Å². The number of carbonyl (C=O) groups excluding carboxylic acids is 1. The molecule has 0 aliphatic heterocycles. The van der Waals surface area contributed by atoms with Crippen molar-refractivity contribution in [1.82, 2.24) is 14.9 Å². The van der Waals surface area contributed by atoms with E-state index in [0.717, 1.165) is 17.9 Å². The summed E-state index contributed by atoms with van der Waals surface area (Å²) in [6, 6.07) is 15.4. The molecular weight excluding hydrogens is 502 g/mol. The minimum Gasteiger partial charge on any atom is -0.352 e. The molecule has 0 spiro atoms. The number of carbonyl (C=O) groups is 1. The van der Waals surface area contributed by atoms with E-state index in [-0.39, 0.29) is 5.91 Å². The molecule has 1 N–H and O–H groups in total. The Balaban J connectivity index is 1.28. The smallest absolute Gasteiger partial charge is 0.251 e. The van der Waals surface area contributed by atoms with Crippen molar-refractivity contribution in [3.05, 3.63) is 64.9 Å². The van der Waals surface area contributed by atoms with Crippen molar-refractivity contribution >= 4 is 28.5 Å². The number of hydrogen-bond acceptors (Lipinski definition) is 2. The minimum atomic E-state index is -0.0767. The van der Waals surface area contributed by atoms with Crippen molar-refractivity contribution in [2.24, 2.45) is 0 Å². The zero-order valence-corrected chi connectivity index (χ0v) is 25.0. The second-order valence-electron chi connectivity index (χ2n) is 11.0. The van der Waals surface area contributed by atoms with Gasteiger partial charge in [0.15, 0.2) is 0 Å². The normalized spacial score (nSPS) is 11.3. The molecule has 0 aliphatic carbocycles. The molecule has 0 fully saturated rings. The third kappa shape index (κ3) is 11.7. The lowest BCUT2D eigenvalue weighted by Crippen LogP contribution is -2.26. The highest BCUT2D eigenvalue weighted by atomic mass is 35.5. The SMILES string of the molecule is CCCCCCCCCCCCCCCCCCn1c(CCNC(=O)c2ccc(Cl)cc2)nc2ccccc21. The Kier molecular flexibility index (Phi) is 15.1. The number of halogens is 1. The summed E-state index contributed by atoms with van der Waals surface area (Å²) in [4.78, 5) is 17.3. The quantitative estimate of drug-likeness (QED) is 0.134. The lowest BCUT2D eigenvalue weighted by molar-refractivity contribution is 0.0954. The number of nitrogens with zero attached hydrogens (tertiary/aromatic N) is 2. The van der Waals surface area contributed by atoms with Gasteiger partial charge in [0.2, 0.25) is 0 Å². The molecule has 214 valence electrons. The predicted molar refractivity (Wildman–Crippen MR) is 167 cm³/mol. The van der Waals surface area contributed by atoms with Crippen LogP contribution < -0.4 is 5.32 Å². The number of imidazole rings is 1. The molecule has 3 aromatic rings. The van der Waals surface area contributed by atoms with Crippen LogP contribution in [0.1, 0.15) is 126 Å². The monoisotopic (exact) mass is 551 g/mol. The van der Waals surface area contributed by atoms with Gasteiger partial charge in [-0.3, -0.25) is 4.79 Å². The Morgan fingerprint density at radius 2 is 1.28 bits per heavy atom. The number of aromatic nitrogens is 2. The van der Waals surface area contributed by atoms with E-state index in [1.807, 2.05) is 6.07 Å². The molecule has 0 bridgehead atoms. The van der Waals surface area contributed by atoms with E-state index in [2.05, 4.69) is 35.0 Å². The Labute approximate surface area is 241 Å². The van der Waals surface area contributed by atoms with E-state index >= 15 is 0 Å². The average Bonchev–Trinajstić information content (AvgIpc) is 3.30. The molecule has 5 heteroatoms. The van der Waals surface area contributed by atoms with Gasteiger partial charge in [0.1, 0.15) is 5.82 Å². The van der Waals surface area contributed by atoms with Crippen molar-refractivity contribution in [3.63, 3.8) is 0 Å². The lowest BCUT2D eigenvalue weighted by Gasteiger charge is -2.10. The van der Waals surface area contributed by atoms with Crippen LogP contribution in [-0.4, -0.2) is 22.0 Å². The van der Waals surface area contributed by atoms with Gasteiger partial charge < -0.3 is 9.88 Å². The van der Waals surface area contributed by atoms with Crippen LogP contribution in [0.15, 0.2) is 48.5 Å². The molecule has 3 rings (SSSR count). The summed E-state index contributed by atoms with van der Waals surface area (Å²) in [5.41, 5.74) is 2.85. The first kappa shape index (κ1) is 31.2. The second-order valence-corrected chi connectivity index (χ2v) is 11.4. The van der Waals surface area contributed by atoms with Gasteiger partial charge in [-0.1, -0.05) is 127 Å². The number of unbranched alkanes of at least 4 members (excludes halogenated alkanes) is 15. The summed E-state index contributed by atoms with van der Waals surface area (Å²) in [6.07, 6.45) is 22.8. The number of amides is 1. The van der Waals surface area contributed by atoms with Gasteiger partial charge in [0.25, 0.3) is 5.91 Å². The van der Waals surface area contributed by atoms with E-state index in [9.17, 15) is 4.79 Å². The predicted octanol–water partition coefficient (Wildman–Crippen LogP) is 9.92. The van der Waals surface area contributed by atoms with Crippen molar-refractivity contribution in [3.8, 4) is 0 Å². The van der Waals surface area contributed by atoms with Gasteiger partial charge in [0, 0.05) is 30.1 Å². The third-order valence-corrected chi connectivity index (χ3v) is 7.96. The van der Waals surface area contributed by atoms with E-state index in [0.29, 0.717) is 23.6 Å². The van der Waals surface area contributed by atoms with Crippen molar-refractivity contribution in [2.75, 3.05) is 6.54 Å². The molecule has 39 heavy (non-hydrogen) atoms. The molecule has 0 atom stereocenters. The second kappa shape index (κ2) is 18.9. The Hall–Kier alpha value is -2.33. The van der Waals surface area contributed by atoms with Crippen molar-refractivity contribution < 1.29 is 4.79 Å². The molecule has 0 radical (unpaired) electrons. The van der Waals surface area contributed by atoms with E-state index in [1.54, 1.807) is 24.3 Å². The van der Waals surface area contributed by atoms with Gasteiger partial charge in [-0.25, -0.2) is 4.98 Å². The molecule has 1 heterocycles. The number of benzene rings is 2. The molecule has 4 nitrogen and oxygen atoms in total. The molecule has 0 saturated carbocycles. The van der Waals surface area contributed by atoms with Gasteiger partial charge >= 0.3 is 0 Å². The minimum absolute atomic E-state index is 0.0767. The number of hydrogen-bond donors (Lipinski definition) is 1. The fourth-order valence-electron chi connectivity index (χ4n) is 5.37. The van der Waals surface area contributed by atoms with Crippen LogP contribution in [0.3, 0.4) is 0 Å². The van der Waals surface area contributed by atoms with Crippen LogP contribution in [-0.2, 0) is 13.0 Å². The van der Waals surface area contributed by atoms with E-state index < -0.39 is 0 Å². The number of nitrogens with one attached hydrogen (secondary N) is 1. The van der Waals surface area contributed by atoms with Crippen LogP contribution in [0.2, 0.25) is 5.02 Å². The highest BCUT2D eigenvalue weighted by molar-refractivity contribution is 6.30. The first-order valence-corrected chi connectivity index (χ1v) is 16.0. The molecule has 2 aromatic carbocycles. The zero-order chi connectivity index (χ0) is 27.5. The maximum atomic E-state index is 12.5. The third-order valence-electron chi connectivity index (χ3n) is 7.71. The fourth-order valence-corrected chi connectivity index (χ4v) is 5.50. The van der Waals surface area contributed by atoms with Gasteiger partial charge in [-0.15, -0.1) is 0 Å². The maximum absolute atomic E-state index is 12.5. The van der Waals surface area contributed by atoms with Crippen LogP contribution in [0.25, 0.3) is 11.0 Å². The average molecular weight is 552 g/mol. The molecule has 0 saturated heterocycles. The van der Waals surface area contributed by atoms with Crippen molar-refractivity contribution in [1.29, 1.82) is 0 Å². The summed E-state index contributed by atoms with van der Waals surface area (Å²) in [5.74, 6) is 0.973. The van der Waals surface area contributed by atoms with Gasteiger partial charge in [-0.05, 0) is 42.8 Å². The summed E-state index contributed by atoms with van der Waals surface area (Å²) in [7, 11) is 0. The lowest BCUT2D eigenvalue weighted by atomic mass is 10.0. The van der Waals surface area contributed by atoms with Gasteiger partial charge in [-0.2, -0.15) is 0 Å². The van der Waals surface area contributed by atoms with E-state index in [4.69, 9.17) is 16.6 Å². The van der Waals surface area contributed by atoms with E-state index in [1.165, 1.54) is 108 Å². The highest BCUT2D eigenvalue weighted by Crippen LogP contribution is 2.19. The molecular formula is C34H50ClN3O. The Morgan fingerprint density at radius 1 is 0.744 bits per heavy atom. The Bertz CT molecular complexity index is 1080. The summed E-state index contributed by atoms with van der Waals surface area (Å²) < 4.78 is 2.35. The number of fused-ring (bicyclic) bond motifs is 1. The van der Waals surface area contributed by atoms with Gasteiger partial charge in [0.05, 0.1) is 11.0 Å². The summed E-state index contributed by atoms with van der Waals surface area (Å²) in [6.45, 7) is 3.83. The largest absolute Gasteiger partial charge is 0.352 e. The number of rotatable bonds is 21. The van der Waals surface area contributed by atoms with Crippen LogP contribution in [0.5, 0.6) is 0 Å². The van der Waals surface area contributed by atoms with Crippen LogP contribution in [0.4, 0.5) is 0 Å². The molecule has 1 aromatic heterocycles. The first-order valence-electron chi connectivity index (χ1n) is 15.7. The maximum Gasteiger partial charge on any atom is 0.251 e. The zero-order valence-electron chi connectivity index (χ0n) is 24.2. The van der Waals surface area contributed by atoms with Crippen LogP contribution >= 0.6 is 11.6 Å². The molecule has 0 aliphatic rings. The number of para-hydroxylation sites is 2. The number of aryl methyl sites for hydroxylation is 1. The highest BCUT2D eigenvalue weighted by Gasteiger charge is 2.11. The topological polar surface area (TPSA) is 46.9 Å². The summed E-state index contributed by atoms with van der Waals surface area (Å²) >= 11 is 5.94. The summed E-state index contributed by atoms with van der Waals surface area (Å²) in [5, 5.41) is 3.66. The van der Waals surface area contributed by atoms with Crippen LogP contribution in [0, 0.1) is 0 Å². The molecule has 1 amide bonds. The Morgan fingerprint density at radius 3 is 1.87 bits per heavy atom. The molecule has 0 unspecified atom stereocenters.